The summed E-state index contributed by atoms with van der Waals surface area (Å²) in [7, 11) is 0. The fourth-order valence-electron chi connectivity index (χ4n) is 3.26. The van der Waals surface area contributed by atoms with E-state index in [0.717, 1.165) is 29.8 Å². The van der Waals surface area contributed by atoms with E-state index in [1.54, 1.807) is 11.0 Å². The van der Waals surface area contributed by atoms with Gasteiger partial charge in [-0.1, -0.05) is 17.7 Å². The molecule has 4 rings (SSSR count). The van der Waals surface area contributed by atoms with Crippen LogP contribution in [0.3, 0.4) is 0 Å². The number of likely N-dealkylation sites (tertiary alicyclic amines) is 1. The molecule has 0 spiro atoms. The topological polar surface area (TPSA) is 63.6 Å². The van der Waals surface area contributed by atoms with Crippen LogP contribution in [0.4, 0.5) is 10.5 Å². The van der Waals surface area contributed by atoms with Crippen LogP contribution in [-0.2, 0) is 0 Å². The third-order valence-corrected chi connectivity index (χ3v) is 4.89. The summed E-state index contributed by atoms with van der Waals surface area (Å²) in [6.45, 7) is 4.98. The van der Waals surface area contributed by atoms with Crippen LogP contribution in [0, 0.1) is 13.8 Å². The van der Waals surface area contributed by atoms with Crippen LogP contribution in [0.5, 0.6) is 5.75 Å². The quantitative estimate of drug-likeness (QED) is 0.919. The molecule has 1 N–H and O–H groups in total. The van der Waals surface area contributed by atoms with E-state index in [0.29, 0.717) is 24.9 Å². The van der Waals surface area contributed by atoms with Gasteiger partial charge in [-0.05, 0) is 44.9 Å². The number of nitrogens with one attached hydrogen (secondary N) is 1. The van der Waals surface area contributed by atoms with Crippen LogP contribution in [-0.4, -0.2) is 34.7 Å². The molecule has 2 aromatic rings. The lowest BCUT2D eigenvalue weighted by Gasteiger charge is -2.38. The van der Waals surface area contributed by atoms with Gasteiger partial charge >= 0.3 is 6.03 Å². The second-order valence-corrected chi connectivity index (χ2v) is 7.21. The fourth-order valence-corrected chi connectivity index (χ4v) is 3.26. The van der Waals surface area contributed by atoms with Gasteiger partial charge in [-0.3, -0.25) is 4.79 Å². The summed E-state index contributed by atoms with van der Waals surface area (Å²) < 4.78 is 7.72. The van der Waals surface area contributed by atoms with E-state index in [-0.39, 0.29) is 17.7 Å². The van der Waals surface area contributed by atoms with Gasteiger partial charge in [-0.15, -0.1) is 0 Å². The van der Waals surface area contributed by atoms with Crippen molar-refractivity contribution in [3.05, 3.63) is 58.0 Å². The Kier molecular flexibility index (Phi) is 4.18. The summed E-state index contributed by atoms with van der Waals surface area (Å²) in [6, 6.07) is 11.4. The Hall–Kier alpha value is -2.76. The highest BCUT2D eigenvalue weighted by molar-refractivity contribution is 5.89. The molecular weight excluding hydrogens is 330 g/mol. The lowest BCUT2D eigenvalue weighted by molar-refractivity contribution is 0.0490. The Morgan fingerprint density at radius 2 is 1.81 bits per heavy atom. The summed E-state index contributed by atoms with van der Waals surface area (Å²) in [6.07, 6.45) is 2.08. The Labute approximate surface area is 152 Å². The fraction of sp³-hybridized carbons (Fsp3) is 0.400. The van der Waals surface area contributed by atoms with Crippen LogP contribution in [0.1, 0.15) is 30.1 Å². The molecule has 1 saturated heterocycles. The highest BCUT2D eigenvalue weighted by Gasteiger charge is 2.33. The minimum absolute atomic E-state index is 0.00389. The zero-order chi connectivity index (χ0) is 18.3. The van der Waals surface area contributed by atoms with Crippen molar-refractivity contribution in [2.75, 3.05) is 18.4 Å². The summed E-state index contributed by atoms with van der Waals surface area (Å²) in [5, 5.41) is 2.88. The van der Waals surface area contributed by atoms with E-state index in [4.69, 9.17) is 4.74 Å². The molecule has 0 bridgehead atoms. The second kappa shape index (κ2) is 6.52. The van der Waals surface area contributed by atoms with Crippen molar-refractivity contribution < 1.29 is 9.53 Å². The molecule has 0 radical (unpaired) electrons. The van der Waals surface area contributed by atoms with Crippen LogP contribution in [0.25, 0.3) is 0 Å². The number of amides is 2. The molecule has 2 heterocycles. The third-order valence-electron chi connectivity index (χ3n) is 4.89. The molecule has 1 aromatic carbocycles. The van der Waals surface area contributed by atoms with Crippen molar-refractivity contribution in [1.29, 1.82) is 0 Å². The summed E-state index contributed by atoms with van der Waals surface area (Å²) in [4.78, 5) is 26.2. The largest absolute Gasteiger partial charge is 0.486 e. The smallest absolute Gasteiger partial charge is 0.322 e. The molecule has 1 saturated carbocycles. The minimum Gasteiger partial charge on any atom is -0.486 e. The highest BCUT2D eigenvalue weighted by Crippen LogP contribution is 2.35. The average Bonchev–Trinajstić information content (AvgIpc) is 3.37. The number of ether oxygens (including phenoxy) is 1. The van der Waals surface area contributed by atoms with E-state index in [1.165, 1.54) is 0 Å². The second-order valence-electron chi connectivity index (χ2n) is 7.21. The van der Waals surface area contributed by atoms with Crippen molar-refractivity contribution in [2.24, 2.45) is 0 Å². The predicted molar refractivity (Wildman–Crippen MR) is 99.9 cm³/mol. The summed E-state index contributed by atoms with van der Waals surface area (Å²) >= 11 is 0. The molecule has 26 heavy (non-hydrogen) atoms. The first kappa shape index (κ1) is 16.7. The number of benzene rings is 1. The maximum Gasteiger partial charge on any atom is 0.322 e. The molecule has 2 aliphatic rings. The van der Waals surface area contributed by atoms with Crippen LogP contribution in [0.15, 0.2) is 41.2 Å². The summed E-state index contributed by atoms with van der Waals surface area (Å²) in [5.41, 5.74) is 2.86. The predicted octanol–water partition coefficient (Wildman–Crippen LogP) is 3.10. The van der Waals surface area contributed by atoms with Crippen LogP contribution >= 0.6 is 0 Å². The van der Waals surface area contributed by atoms with Gasteiger partial charge in [0.1, 0.15) is 11.9 Å². The van der Waals surface area contributed by atoms with E-state index >= 15 is 0 Å². The molecule has 2 amide bonds. The molecule has 136 valence electrons. The number of hydrogen-bond acceptors (Lipinski definition) is 3. The number of hydrogen-bond donors (Lipinski definition) is 1. The normalized spacial score (nSPS) is 16.9. The first-order valence-electron chi connectivity index (χ1n) is 9.02. The van der Waals surface area contributed by atoms with E-state index in [2.05, 4.69) is 5.32 Å². The zero-order valence-corrected chi connectivity index (χ0v) is 15.1. The van der Waals surface area contributed by atoms with Gasteiger partial charge < -0.3 is 19.5 Å². The molecule has 2 fully saturated rings. The Morgan fingerprint density at radius 1 is 1.12 bits per heavy atom. The molecular formula is C20H23N3O3. The maximum atomic E-state index is 12.2. The number of pyridine rings is 1. The number of aromatic nitrogens is 1. The van der Waals surface area contributed by atoms with Gasteiger partial charge in [-0.2, -0.15) is 0 Å². The summed E-state index contributed by atoms with van der Waals surface area (Å²) in [5.74, 6) is 0.591. The Balaban J connectivity index is 1.31. The molecule has 6 nitrogen and oxygen atoms in total. The lowest BCUT2D eigenvalue weighted by Crippen LogP contribution is -2.57. The van der Waals surface area contributed by atoms with Crippen LogP contribution < -0.4 is 15.6 Å². The number of rotatable bonds is 4. The number of urea groups is 1. The molecule has 1 aromatic heterocycles. The van der Waals surface area contributed by atoms with Crippen molar-refractivity contribution in [3.63, 3.8) is 0 Å². The average molecular weight is 353 g/mol. The van der Waals surface area contributed by atoms with Gasteiger partial charge in [0.2, 0.25) is 0 Å². The number of carbonyl (C=O) groups excluding carboxylic acids is 1. The molecule has 1 aliphatic carbocycles. The zero-order valence-electron chi connectivity index (χ0n) is 15.1. The maximum absolute atomic E-state index is 12.2. The van der Waals surface area contributed by atoms with Crippen molar-refractivity contribution in [3.8, 4) is 5.75 Å². The Bertz CT molecular complexity index is 878. The molecule has 0 atom stereocenters. The number of nitrogens with zero attached hydrogens (tertiary/aromatic N) is 2. The number of carbonyl (C=O) groups is 1. The number of anilines is 1. The lowest BCUT2D eigenvalue weighted by atomic mass is 10.2. The standard InChI is InChI=1S/C20H23N3O3/c1-13-3-5-15(6-4-13)21-20(25)22-11-18(12-22)26-17-9-14(2)23(16-7-8-16)19(24)10-17/h3-6,9-10,16,18H,7-8,11-12H2,1-2H3,(H,21,25). The first-order chi connectivity index (χ1) is 12.5. The van der Waals surface area contributed by atoms with Gasteiger partial charge in [0.05, 0.1) is 13.1 Å². The first-order valence-corrected chi connectivity index (χ1v) is 9.02. The third kappa shape index (κ3) is 3.45. The molecule has 0 unspecified atom stereocenters. The van der Waals surface area contributed by atoms with Gasteiger partial charge in [-0.25, -0.2) is 4.79 Å². The van der Waals surface area contributed by atoms with Gasteiger partial charge in [0.15, 0.2) is 0 Å². The Morgan fingerprint density at radius 3 is 2.42 bits per heavy atom. The minimum atomic E-state index is -0.131. The van der Waals surface area contributed by atoms with E-state index in [9.17, 15) is 9.59 Å². The van der Waals surface area contributed by atoms with Crippen molar-refractivity contribution in [1.82, 2.24) is 9.47 Å². The van der Waals surface area contributed by atoms with Gasteiger partial charge in [0.25, 0.3) is 5.56 Å². The number of aryl methyl sites for hydroxylation is 2. The molecule has 1 aliphatic heterocycles. The van der Waals surface area contributed by atoms with Crippen LogP contribution in [0.2, 0.25) is 0 Å². The monoisotopic (exact) mass is 353 g/mol. The van der Waals surface area contributed by atoms with Gasteiger partial charge in [0, 0.05) is 23.5 Å². The highest BCUT2D eigenvalue weighted by atomic mass is 16.5. The van der Waals surface area contributed by atoms with Crippen molar-refractivity contribution >= 4 is 11.7 Å². The SMILES string of the molecule is Cc1ccc(NC(=O)N2CC(Oc3cc(C)n(C4CC4)c(=O)c3)C2)cc1. The van der Waals surface area contributed by atoms with Crippen molar-refractivity contribution in [2.45, 2.75) is 38.8 Å². The molecule has 6 heteroatoms. The van der Waals surface area contributed by atoms with E-state index in [1.807, 2.05) is 48.7 Å². The van der Waals surface area contributed by atoms with E-state index < -0.39 is 0 Å².